The molecule has 1 aliphatic rings. The summed E-state index contributed by atoms with van der Waals surface area (Å²) in [6.45, 7) is 12.0. The van der Waals surface area contributed by atoms with E-state index in [2.05, 4.69) is 76.0 Å². The van der Waals surface area contributed by atoms with Crippen molar-refractivity contribution in [3.8, 4) is 11.1 Å². The van der Waals surface area contributed by atoms with Gasteiger partial charge in [-0.05, 0) is 22.3 Å². The van der Waals surface area contributed by atoms with Crippen LogP contribution in [0.5, 0.6) is 0 Å². The lowest BCUT2D eigenvalue weighted by Crippen LogP contribution is -2.38. The van der Waals surface area contributed by atoms with E-state index in [-0.39, 0.29) is 5.41 Å². The zero-order chi connectivity index (χ0) is 13.8. The average Bonchev–Trinajstić information content (AvgIpc) is 2.58. The van der Waals surface area contributed by atoms with Gasteiger partial charge in [0.15, 0.2) is 0 Å². The molecular weight excluding hydrogens is 244 g/mol. The third-order valence-corrected chi connectivity index (χ3v) is 6.49. The second-order valence-electron chi connectivity index (χ2n) is 7.18. The van der Waals surface area contributed by atoms with Gasteiger partial charge in [-0.1, -0.05) is 81.1 Å². The first kappa shape index (κ1) is 12.7. The van der Waals surface area contributed by atoms with Crippen LogP contribution in [0.25, 0.3) is 11.1 Å². The van der Waals surface area contributed by atoms with E-state index in [9.17, 15) is 0 Å². The van der Waals surface area contributed by atoms with Crippen LogP contribution >= 0.6 is 0 Å². The summed E-state index contributed by atoms with van der Waals surface area (Å²) in [6.07, 6.45) is 0. The van der Waals surface area contributed by atoms with Crippen molar-refractivity contribution in [2.75, 3.05) is 0 Å². The van der Waals surface area contributed by atoms with E-state index in [0.717, 1.165) is 0 Å². The highest BCUT2D eigenvalue weighted by atomic mass is 28.3. The van der Waals surface area contributed by atoms with Crippen LogP contribution in [0.15, 0.2) is 42.5 Å². The maximum atomic E-state index is 2.47. The molecule has 0 radical (unpaired) electrons. The SMILES string of the molecule is CC1(C)c2ccccc2-c2ccc([Si](C)(C)C)cc21. The van der Waals surface area contributed by atoms with Gasteiger partial charge in [0.1, 0.15) is 0 Å². The molecule has 0 nitrogen and oxygen atoms in total. The molecule has 0 fully saturated rings. The molecule has 0 heterocycles. The average molecular weight is 266 g/mol. The van der Waals surface area contributed by atoms with E-state index in [1.807, 2.05) is 0 Å². The second-order valence-corrected chi connectivity index (χ2v) is 12.3. The number of fused-ring (bicyclic) bond motifs is 3. The molecule has 2 aromatic rings. The molecule has 0 amide bonds. The van der Waals surface area contributed by atoms with Crippen LogP contribution in [0.2, 0.25) is 19.6 Å². The Kier molecular flexibility index (Phi) is 2.55. The molecule has 98 valence electrons. The normalized spacial score (nSPS) is 16.1. The van der Waals surface area contributed by atoms with Gasteiger partial charge in [-0.2, -0.15) is 0 Å². The summed E-state index contributed by atoms with van der Waals surface area (Å²) in [4.78, 5) is 0. The number of rotatable bonds is 1. The van der Waals surface area contributed by atoms with Gasteiger partial charge in [-0.25, -0.2) is 0 Å². The summed E-state index contributed by atoms with van der Waals surface area (Å²) in [5.41, 5.74) is 5.97. The second kappa shape index (κ2) is 3.83. The first-order chi connectivity index (χ1) is 8.82. The lowest BCUT2D eigenvalue weighted by molar-refractivity contribution is 0.661. The molecule has 19 heavy (non-hydrogen) atoms. The first-order valence-corrected chi connectivity index (χ1v) is 10.6. The lowest BCUT2D eigenvalue weighted by Gasteiger charge is -2.24. The van der Waals surface area contributed by atoms with Crippen molar-refractivity contribution in [2.24, 2.45) is 0 Å². The van der Waals surface area contributed by atoms with Crippen LogP contribution < -0.4 is 5.19 Å². The minimum atomic E-state index is -1.24. The van der Waals surface area contributed by atoms with Crippen LogP contribution in [0, 0.1) is 0 Å². The summed E-state index contributed by atoms with van der Waals surface area (Å²) >= 11 is 0. The molecule has 1 aliphatic carbocycles. The van der Waals surface area contributed by atoms with E-state index < -0.39 is 8.07 Å². The van der Waals surface area contributed by atoms with Crippen molar-refractivity contribution >= 4 is 13.3 Å². The maximum absolute atomic E-state index is 2.47. The Labute approximate surface area is 117 Å². The Morgan fingerprint density at radius 3 is 2.11 bits per heavy atom. The van der Waals surface area contributed by atoms with Crippen LogP contribution in [-0.4, -0.2) is 8.07 Å². The van der Waals surface area contributed by atoms with Gasteiger partial charge in [-0.3, -0.25) is 0 Å². The van der Waals surface area contributed by atoms with Crippen LogP contribution in [-0.2, 0) is 5.41 Å². The third kappa shape index (κ3) is 1.79. The fourth-order valence-electron chi connectivity index (χ4n) is 3.17. The molecule has 0 saturated heterocycles. The van der Waals surface area contributed by atoms with Gasteiger partial charge in [0.05, 0.1) is 8.07 Å². The predicted molar refractivity (Wildman–Crippen MR) is 87.0 cm³/mol. The Hall–Kier alpha value is -1.34. The quantitative estimate of drug-likeness (QED) is 0.665. The Morgan fingerprint density at radius 1 is 0.789 bits per heavy atom. The smallest absolute Gasteiger partial charge is 0.0656 e. The Morgan fingerprint density at radius 2 is 1.42 bits per heavy atom. The highest BCUT2D eigenvalue weighted by Gasteiger charge is 2.35. The van der Waals surface area contributed by atoms with Crippen molar-refractivity contribution < 1.29 is 0 Å². The van der Waals surface area contributed by atoms with Crippen molar-refractivity contribution in [3.05, 3.63) is 53.6 Å². The topological polar surface area (TPSA) is 0 Å². The molecule has 0 atom stereocenters. The molecule has 0 N–H and O–H groups in total. The Balaban J connectivity index is 2.27. The van der Waals surface area contributed by atoms with Crippen LogP contribution in [0.3, 0.4) is 0 Å². The molecule has 2 aromatic carbocycles. The van der Waals surface area contributed by atoms with Crippen LogP contribution in [0.4, 0.5) is 0 Å². The Bertz CT molecular complexity index is 645. The van der Waals surface area contributed by atoms with Crippen LogP contribution in [0.1, 0.15) is 25.0 Å². The molecule has 0 unspecified atom stereocenters. The molecule has 0 spiro atoms. The first-order valence-electron chi connectivity index (χ1n) is 7.07. The molecule has 3 rings (SSSR count). The fourth-order valence-corrected chi connectivity index (χ4v) is 4.33. The largest absolute Gasteiger partial charge is 0.0776 e. The summed E-state index contributed by atoms with van der Waals surface area (Å²) in [7, 11) is -1.24. The third-order valence-electron chi connectivity index (χ3n) is 4.45. The highest BCUT2D eigenvalue weighted by molar-refractivity contribution is 6.88. The van der Waals surface area contributed by atoms with Gasteiger partial charge in [-0.15, -0.1) is 0 Å². The van der Waals surface area contributed by atoms with Gasteiger partial charge in [0, 0.05) is 5.41 Å². The van der Waals surface area contributed by atoms with E-state index in [1.165, 1.54) is 22.3 Å². The monoisotopic (exact) mass is 266 g/mol. The molecular formula is C18H22Si. The molecule has 1 heteroatoms. The van der Waals surface area contributed by atoms with Crippen molar-refractivity contribution in [1.82, 2.24) is 0 Å². The van der Waals surface area contributed by atoms with Crippen molar-refractivity contribution in [3.63, 3.8) is 0 Å². The number of hydrogen-bond acceptors (Lipinski definition) is 0. The van der Waals surface area contributed by atoms with Gasteiger partial charge < -0.3 is 0 Å². The van der Waals surface area contributed by atoms with Crippen molar-refractivity contribution in [1.29, 1.82) is 0 Å². The maximum Gasteiger partial charge on any atom is 0.0776 e. The summed E-state index contributed by atoms with van der Waals surface area (Å²) < 4.78 is 0. The van der Waals surface area contributed by atoms with Crippen molar-refractivity contribution in [2.45, 2.75) is 38.9 Å². The minimum absolute atomic E-state index is 0.140. The highest BCUT2D eigenvalue weighted by Crippen LogP contribution is 2.47. The fraction of sp³-hybridized carbons (Fsp3) is 0.333. The standard InChI is InChI=1S/C18H22Si/c1-18(2)16-9-7-6-8-14(16)15-11-10-13(12-17(15)18)19(3,4)5/h6-12H,1-5H3. The van der Waals surface area contributed by atoms with E-state index in [0.29, 0.717) is 0 Å². The molecule has 0 saturated carbocycles. The summed E-state index contributed by atoms with van der Waals surface area (Å²) in [5.74, 6) is 0. The molecule has 0 aromatic heterocycles. The van der Waals surface area contributed by atoms with Gasteiger partial charge in [0.25, 0.3) is 0 Å². The molecule has 0 aliphatic heterocycles. The minimum Gasteiger partial charge on any atom is -0.0656 e. The van der Waals surface area contributed by atoms with E-state index >= 15 is 0 Å². The molecule has 0 bridgehead atoms. The number of benzene rings is 2. The van der Waals surface area contributed by atoms with Gasteiger partial charge in [0.2, 0.25) is 0 Å². The lowest BCUT2D eigenvalue weighted by atomic mass is 9.82. The zero-order valence-electron chi connectivity index (χ0n) is 12.5. The summed E-state index contributed by atoms with van der Waals surface area (Å²) in [6, 6.07) is 16.0. The van der Waals surface area contributed by atoms with Gasteiger partial charge >= 0.3 is 0 Å². The van der Waals surface area contributed by atoms with E-state index in [1.54, 1.807) is 5.19 Å². The van der Waals surface area contributed by atoms with E-state index in [4.69, 9.17) is 0 Å². The zero-order valence-corrected chi connectivity index (χ0v) is 13.5. The summed E-state index contributed by atoms with van der Waals surface area (Å²) in [5, 5.41) is 1.56. The number of hydrogen-bond donors (Lipinski definition) is 0. The predicted octanol–water partition coefficient (Wildman–Crippen LogP) is 4.54.